The lowest BCUT2D eigenvalue weighted by Crippen LogP contribution is -2.44. The van der Waals surface area contributed by atoms with Crippen LogP contribution in [0.5, 0.6) is 0 Å². The summed E-state index contributed by atoms with van der Waals surface area (Å²) in [6, 6.07) is 4.35. The molecule has 1 aromatic carbocycles. The number of fused-ring (bicyclic) bond motifs is 3. The van der Waals surface area contributed by atoms with Crippen LogP contribution in [0.1, 0.15) is 34.7 Å². The molecule has 5 nitrogen and oxygen atoms in total. The zero-order valence-corrected chi connectivity index (χ0v) is 10.7. The number of carboxylic acids is 2. The Labute approximate surface area is 115 Å². The Morgan fingerprint density at radius 1 is 1.25 bits per heavy atom. The van der Waals surface area contributed by atoms with Crippen LogP contribution in [0, 0.1) is 5.92 Å². The number of para-hydroxylation sites is 1. The average Bonchev–Trinajstić information content (AvgIpc) is 2.45. The minimum absolute atomic E-state index is 0.0274. The van der Waals surface area contributed by atoms with Crippen molar-refractivity contribution in [3.63, 3.8) is 0 Å². The molecule has 0 bridgehead atoms. The Balaban J connectivity index is 2.16. The second-order valence-corrected chi connectivity index (χ2v) is 5.23. The van der Waals surface area contributed by atoms with Crippen molar-refractivity contribution in [2.45, 2.75) is 24.8 Å². The minimum atomic E-state index is -1.04. The van der Waals surface area contributed by atoms with Crippen LogP contribution in [0.3, 0.4) is 0 Å². The first-order valence-electron chi connectivity index (χ1n) is 6.62. The summed E-state index contributed by atoms with van der Waals surface area (Å²) in [6.07, 6.45) is 5.71. The fourth-order valence-electron chi connectivity index (χ4n) is 3.26. The minimum Gasteiger partial charge on any atom is -0.480 e. The van der Waals surface area contributed by atoms with Crippen LogP contribution in [-0.4, -0.2) is 28.2 Å². The molecule has 0 spiro atoms. The van der Waals surface area contributed by atoms with Gasteiger partial charge in [0.25, 0.3) is 0 Å². The maximum Gasteiger partial charge on any atom is 0.337 e. The van der Waals surface area contributed by atoms with Crippen LogP contribution in [0.2, 0.25) is 0 Å². The van der Waals surface area contributed by atoms with E-state index in [9.17, 15) is 19.8 Å². The number of rotatable bonds is 2. The highest BCUT2D eigenvalue weighted by Crippen LogP contribution is 2.44. The molecule has 0 amide bonds. The van der Waals surface area contributed by atoms with Crippen molar-refractivity contribution in [2.75, 3.05) is 5.32 Å². The lowest BCUT2D eigenvalue weighted by molar-refractivity contribution is -0.139. The first-order valence-corrected chi connectivity index (χ1v) is 6.62. The summed E-state index contributed by atoms with van der Waals surface area (Å²) in [7, 11) is 0. The molecular formula is C15H15NO4. The van der Waals surface area contributed by atoms with Crippen molar-refractivity contribution < 1.29 is 19.8 Å². The summed E-state index contributed by atoms with van der Waals surface area (Å²) in [5, 5.41) is 21.6. The van der Waals surface area contributed by atoms with Crippen LogP contribution in [0.25, 0.3) is 0 Å². The van der Waals surface area contributed by atoms with Gasteiger partial charge in [-0.15, -0.1) is 0 Å². The Kier molecular flexibility index (Phi) is 2.97. The first-order chi connectivity index (χ1) is 9.59. The number of anilines is 1. The van der Waals surface area contributed by atoms with Crippen molar-refractivity contribution in [3.05, 3.63) is 41.5 Å². The molecule has 1 aromatic rings. The molecule has 3 unspecified atom stereocenters. The van der Waals surface area contributed by atoms with E-state index in [0.29, 0.717) is 5.69 Å². The van der Waals surface area contributed by atoms with Gasteiger partial charge in [0.15, 0.2) is 0 Å². The predicted molar refractivity (Wildman–Crippen MR) is 73.1 cm³/mol. The van der Waals surface area contributed by atoms with E-state index < -0.39 is 18.0 Å². The summed E-state index contributed by atoms with van der Waals surface area (Å²) in [4.78, 5) is 22.8. The summed E-state index contributed by atoms with van der Waals surface area (Å²) < 4.78 is 0. The number of hydrogen-bond donors (Lipinski definition) is 3. The molecule has 3 rings (SSSR count). The SMILES string of the molecule is O=C(O)c1cccc2c1NC(C(=O)O)C1CCC=CC21. The Morgan fingerprint density at radius 3 is 2.75 bits per heavy atom. The van der Waals surface area contributed by atoms with E-state index in [1.54, 1.807) is 6.07 Å². The van der Waals surface area contributed by atoms with Crippen molar-refractivity contribution in [1.82, 2.24) is 0 Å². The molecule has 20 heavy (non-hydrogen) atoms. The molecule has 0 fully saturated rings. The Hall–Kier alpha value is -2.30. The lowest BCUT2D eigenvalue weighted by atomic mass is 9.72. The van der Waals surface area contributed by atoms with Crippen LogP contribution in [0.15, 0.2) is 30.4 Å². The maximum absolute atomic E-state index is 11.5. The molecule has 0 saturated heterocycles. The molecular weight excluding hydrogens is 258 g/mol. The van der Waals surface area contributed by atoms with E-state index in [4.69, 9.17) is 0 Å². The van der Waals surface area contributed by atoms with E-state index in [0.717, 1.165) is 18.4 Å². The monoisotopic (exact) mass is 273 g/mol. The predicted octanol–water partition coefficient (Wildman–Crippen LogP) is 2.31. The zero-order chi connectivity index (χ0) is 14.3. The van der Waals surface area contributed by atoms with Crippen LogP contribution < -0.4 is 5.32 Å². The summed E-state index contributed by atoms with van der Waals surface area (Å²) >= 11 is 0. The number of allylic oxidation sites excluding steroid dienone is 2. The van der Waals surface area contributed by atoms with Gasteiger partial charge in [0.2, 0.25) is 0 Å². The van der Waals surface area contributed by atoms with E-state index >= 15 is 0 Å². The van der Waals surface area contributed by atoms with Gasteiger partial charge in [-0.1, -0.05) is 24.3 Å². The molecule has 5 heteroatoms. The van der Waals surface area contributed by atoms with Crippen LogP contribution in [0.4, 0.5) is 5.69 Å². The summed E-state index contributed by atoms with van der Waals surface area (Å²) in [5.74, 6) is -2.03. The van der Waals surface area contributed by atoms with Crippen molar-refractivity contribution in [3.8, 4) is 0 Å². The smallest absolute Gasteiger partial charge is 0.337 e. The largest absolute Gasteiger partial charge is 0.480 e. The number of carbonyl (C=O) groups is 2. The molecule has 1 aliphatic heterocycles. The van der Waals surface area contributed by atoms with Gasteiger partial charge in [-0.2, -0.15) is 0 Å². The van der Waals surface area contributed by atoms with Gasteiger partial charge in [-0.25, -0.2) is 9.59 Å². The van der Waals surface area contributed by atoms with Gasteiger partial charge in [0.05, 0.1) is 11.3 Å². The summed E-state index contributed by atoms with van der Waals surface area (Å²) in [6.45, 7) is 0. The van der Waals surface area contributed by atoms with Gasteiger partial charge in [-0.05, 0) is 24.5 Å². The van der Waals surface area contributed by atoms with Crippen LogP contribution >= 0.6 is 0 Å². The van der Waals surface area contributed by atoms with Gasteiger partial charge < -0.3 is 15.5 Å². The van der Waals surface area contributed by atoms with Gasteiger partial charge >= 0.3 is 11.9 Å². The van der Waals surface area contributed by atoms with E-state index in [2.05, 4.69) is 5.32 Å². The van der Waals surface area contributed by atoms with E-state index in [1.165, 1.54) is 6.07 Å². The molecule has 0 radical (unpaired) electrons. The van der Waals surface area contributed by atoms with Gasteiger partial charge in [0, 0.05) is 11.8 Å². The molecule has 0 aromatic heterocycles. The Morgan fingerprint density at radius 2 is 2.05 bits per heavy atom. The fraction of sp³-hybridized carbons (Fsp3) is 0.333. The molecule has 3 N–H and O–H groups in total. The molecule has 2 aliphatic rings. The van der Waals surface area contributed by atoms with Crippen molar-refractivity contribution >= 4 is 17.6 Å². The maximum atomic E-state index is 11.5. The second kappa shape index (κ2) is 4.67. The standard InChI is InChI=1S/C15H15NO4/c17-14(18)11-7-3-6-9-8-4-1-2-5-10(8)13(15(19)20)16-12(9)11/h1,3-4,6-8,10,13,16H,2,5H2,(H,17,18)(H,19,20). The summed E-state index contributed by atoms with van der Waals surface area (Å²) in [5.41, 5.74) is 1.45. The average molecular weight is 273 g/mol. The first kappa shape index (κ1) is 12.7. The third-order valence-electron chi connectivity index (χ3n) is 4.15. The second-order valence-electron chi connectivity index (χ2n) is 5.23. The fourth-order valence-corrected chi connectivity index (χ4v) is 3.26. The number of aromatic carboxylic acids is 1. The molecule has 0 saturated carbocycles. The zero-order valence-electron chi connectivity index (χ0n) is 10.7. The lowest BCUT2D eigenvalue weighted by Gasteiger charge is -2.39. The normalized spacial score (nSPS) is 27.1. The molecule has 3 atom stereocenters. The third-order valence-corrected chi connectivity index (χ3v) is 4.15. The topological polar surface area (TPSA) is 86.6 Å². The van der Waals surface area contributed by atoms with E-state index in [-0.39, 0.29) is 17.4 Å². The van der Waals surface area contributed by atoms with E-state index in [1.807, 2.05) is 18.2 Å². The van der Waals surface area contributed by atoms with Gasteiger partial charge in [-0.3, -0.25) is 0 Å². The Bertz CT molecular complexity index is 608. The van der Waals surface area contributed by atoms with Gasteiger partial charge in [0.1, 0.15) is 6.04 Å². The van der Waals surface area contributed by atoms with Crippen molar-refractivity contribution in [2.24, 2.45) is 5.92 Å². The van der Waals surface area contributed by atoms with Crippen molar-refractivity contribution in [1.29, 1.82) is 0 Å². The molecule has 1 heterocycles. The molecule has 104 valence electrons. The quantitative estimate of drug-likeness (QED) is 0.720. The highest BCUT2D eigenvalue weighted by atomic mass is 16.4. The highest BCUT2D eigenvalue weighted by molar-refractivity contribution is 5.97. The number of nitrogens with one attached hydrogen (secondary N) is 1. The number of benzene rings is 1. The van der Waals surface area contributed by atoms with Crippen LogP contribution in [-0.2, 0) is 4.79 Å². The highest BCUT2D eigenvalue weighted by Gasteiger charge is 2.41. The molecule has 1 aliphatic carbocycles. The third kappa shape index (κ3) is 1.86. The number of aliphatic carboxylic acids is 1. The number of hydrogen-bond acceptors (Lipinski definition) is 3. The number of carboxylic acid groups (broad SMARTS) is 2.